The summed E-state index contributed by atoms with van der Waals surface area (Å²) in [6.07, 6.45) is 2.43. The molecular formula is C11H12O2. The predicted molar refractivity (Wildman–Crippen MR) is 51.6 cm³/mol. The molecule has 0 saturated heterocycles. The van der Waals surface area contributed by atoms with E-state index in [-0.39, 0.29) is 11.5 Å². The van der Waals surface area contributed by atoms with Crippen LogP contribution in [0.5, 0.6) is 5.75 Å². The number of allylic oxidation sites excluding steroid dienone is 1. The van der Waals surface area contributed by atoms with Gasteiger partial charge in [0.25, 0.3) is 0 Å². The summed E-state index contributed by atoms with van der Waals surface area (Å²) in [6, 6.07) is 6.92. The molecule has 0 unspecified atom stereocenters. The molecule has 2 nitrogen and oxygen atoms in total. The average molecular weight is 176 g/mol. The first-order chi connectivity index (χ1) is 6.22. The zero-order chi connectivity index (χ0) is 9.68. The first-order valence-electron chi connectivity index (χ1n) is 4.15. The van der Waals surface area contributed by atoms with Crippen molar-refractivity contribution in [3.05, 3.63) is 42.5 Å². The predicted octanol–water partition coefficient (Wildman–Crippen LogP) is 2.08. The highest BCUT2D eigenvalue weighted by atomic mass is 16.3. The Balaban J connectivity index is 2.54. The van der Waals surface area contributed by atoms with E-state index in [4.69, 9.17) is 5.11 Å². The van der Waals surface area contributed by atoms with Crippen LogP contribution in [-0.2, 0) is 11.2 Å². The highest BCUT2D eigenvalue weighted by Gasteiger charge is 1.98. The number of aromatic hydroxyl groups is 1. The van der Waals surface area contributed by atoms with Gasteiger partial charge in [0, 0.05) is 6.42 Å². The van der Waals surface area contributed by atoms with Gasteiger partial charge < -0.3 is 5.11 Å². The second-order valence-electron chi connectivity index (χ2n) is 2.84. The van der Waals surface area contributed by atoms with Crippen LogP contribution in [0.1, 0.15) is 12.0 Å². The molecule has 0 saturated carbocycles. The molecule has 0 bridgehead atoms. The van der Waals surface area contributed by atoms with E-state index in [0.29, 0.717) is 12.8 Å². The lowest BCUT2D eigenvalue weighted by molar-refractivity contribution is -0.114. The van der Waals surface area contributed by atoms with E-state index in [1.807, 2.05) is 6.07 Å². The molecule has 0 aromatic heterocycles. The Kier molecular flexibility index (Phi) is 3.26. The molecule has 0 radical (unpaired) electrons. The molecule has 1 aromatic carbocycles. The van der Waals surface area contributed by atoms with Gasteiger partial charge in [0.15, 0.2) is 5.78 Å². The topological polar surface area (TPSA) is 37.3 Å². The Morgan fingerprint density at radius 2 is 2.31 bits per heavy atom. The minimum atomic E-state index is 0.0309. The normalized spacial score (nSPS) is 9.54. The van der Waals surface area contributed by atoms with E-state index in [1.165, 1.54) is 6.08 Å². The lowest BCUT2D eigenvalue weighted by Gasteiger charge is -1.99. The van der Waals surface area contributed by atoms with Crippen LogP contribution in [-0.4, -0.2) is 10.9 Å². The number of phenolic OH excluding ortho intramolecular Hbond substituents is 1. The van der Waals surface area contributed by atoms with Crippen molar-refractivity contribution in [2.75, 3.05) is 0 Å². The van der Waals surface area contributed by atoms with E-state index >= 15 is 0 Å². The summed E-state index contributed by atoms with van der Waals surface area (Å²) in [5.41, 5.74) is 0.968. The van der Waals surface area contributed by atoms with Crippen molar-refractivity contribution in [3.63, 3.8) is 0 Å². The summed E-state index contributed by atoms with van der Waals surface area (Å²) < 4.78 is 0. The van der Waals surface area contributed by atoms with Crippen molar-refractivity contribution in [2.24, 2.45) is 0 Å². The summed E-state index contributed by atoms with van der Waals surface area (Å²) in [6.45, 7) is 3.39. The Bertz CT molecular complexity index is 316. The summed E-state index contributed by atoms with van der Waals surface area (Å²) in [5, 5.41) is 9.13. The third kappa shape index (κ3) is 3.11. The van der Waals surface area contributed by atoms with Crippen molar-refractivity contribution in [3.8, 4) is 5.75 Å². The molecule has 0 aliphatic rings. The zero-order valence-electron chi connectivity index (χ0n) is 7.36. The van der Waals surface area contributed by atoms with Crippen LogP contribution in [0.3, 0.4) is 0 Å². The van der Waals surface area contributed by atoms with Crippen LogP contribution in [0, 0.1) is 0 Å². The molecule has 1 rings (SSSR count). The van der Waals surface area contributed by atoms with E-state index in [2.05, 4.69) is 6.58 Å². The summed E-state index contributed by atoms with van der Waals surface area (Å²) >= 11 is 0. The Morgan fingerprint density at radius 3 is 2.92 bits per heavy atom. The van der Waals surface area contributed by atoms with Gasteiger partial charge in [-0.1, -0.05) is 18.7 Å². The second kappa shape index (κ2) is 4.45. The van der Waals surface area contributed by atoms with Crippen molar-refractivity contribution in [2.45, 2.75) is 12.8 Å². The molecule has 1 N–H and O–H groups in total. The summed E-state index contributed by atoms with van der Waals surface area (Å²) in [7, 11) is 0. The van der Waals surface area contributed by atoms with Crippen LogP contribution in [0.4, 0.5) is 0 Å². The number of benzene rings is 1. The van der Waals surface area contributed by atoms with E-state index in [0.717, 1.165) is 5.56 Å². The second-order valence-corrected chi connectivity index (χ2v) is 2.84. The standard InChI is InChI=1S/C11H12O2/c1-2-10(12)7-6-9-4-3-5-11(13)8-9/h2-5,8,13H,1,6-7H2. The Hall–Kier alpha value is -1.57. The monoisotopic (exact) mass is 176 g/mol. The summed E-state index contributed by atoms with van der Waals surface area (Å²) in [4.78, 5) is 10.9. The number of phenols is 1. The van der Waals surface area contributed by atoms with Crippen LogP contribution < -0.4 is 0 Å². The van der Waals surface area contributed by atoms with Gasteiger partial charge in [-0.15, -0.1) is 0 Å². The minimum Gasteiger partial charge on any atom is -0.508 e. The third-order valence-corrected chi connectivity index (χ3v) is 1.80. The molecule has 13 heavy (non-hydrogen) atoms. The molecule has 2 heteroatoms. The van der Waals surface area contributed by atoms with Crippen LogP contribution in [0.2, 0.25) is 0 Å². The third-order valence-electron chi connectivity index (χ3n) is 1.80. The van der Waals surface area contributed by atoms with Crippen LogP contribution in [0.15, 0.2) is 36.9 Å². The Labute approximate surface area is 77.5 Å². The molecule has 0 aliphatic carbocycles. The summed E-state index contributed by atoms with van der Waals surface area (Å²) in [5.74, 6) is 0.270. The van der Waals surface area contributed by atoms with Gasteiger partial charge in [-0.3, -0.25) is 4.79 Å². The molecule has 1 aromatic rings. The van der Waals surface area contributed by atoms with Crippen molar-refractivity contribution in [1.82, 2.24) is 0 Å². The van der Waals surface area contributed by atoms with Gasteiger partial charge in [-0.2, -0.15) is 0 Å². The van der Waals surface area contributed by atoms with Crippen LogP contribution >= 0.6 is 0 Å². The molecular weight excluding hydrogens is 164 g/mol. The lowest BCUT2D eigenvalue weighted by Crippen LogP contribution is -1.94. The lowest BCUT2D eigenvalue weighted by atomic mass is 10.1. The molecule has 0 aliphatic heterocycles. The maximum atomic E-state index is 10.9. The fourth-order valence-corrected chi connectivity index (χ4v) is 1.08. The molecule has 0 heterocycles. The van der Waals surface area contributed by atoms with Crippen molar-refractivity contribution >= 4 is 5.78 Å². The molecule has 68 valence electrons. The highest BCUT2D eigenvalue weighted by molar-refractivity contribution is 5.89. The zero-order valence-corrected chi connectivity index (χ0v) is 7.36. The quantitative estimate of drug-likeness (QED) is 0.713. The molecule has 0 fully saturated rings. The van der Waals surface area contributed by atoms with Gasteiger partial charge in [-0.25, -0.2) is 0 Å². The maximum Gasteiger partial charge on any atom is 0.155 e. The fourth-order valence-electron chi connectivity index (χ4n) is 1.08. The van der Waals surface area contributed by atoms with Gasteiger partial charge in [0.2, 0.25) is 0 Å². The molecule has 0 spiro atoms. The molecule has 0 amide bonds. The SMILES string of the molecule is C=CC(=O)CCc1cccc(O)c1. The van der Waals surface area contributed by atoms with Gasteiger partial charge in [0.1, 0.15) is 5.75 Å². The smallest absolute Gasteiger partial charge is 0.155 e. The average Bonchev–Trinajstić information content (AvgIpc) is 2.14. The number of rotatable bonds is 4. The number of hydrogen-bond donors (Lipinski definition) is 1. The maximum absolute atomic E-state index is 10.9. The number of ketones is 1. The minimum absolute atomic E-state index is 0.0309. The first-order valence-corrected chi connectivity index (χ1v) is 4.15. The van der Waals surface area contributed by atoms with Gasteiger partial charge >= 0.3 is 0 Å². The van der Waals surface area contributed by atoms with E-state index in [9.17, 15) is 4.79 Å². The van der Waals surface area contributed by atoms with Crippen molar-refractivity contribution < 1.29 is 9.90 Å². The van der Waals surface area contributed by atoms with Crippen molar-refractivity contribution in [1.29, 1.82) is 0 Å². The fraction of sp³-hybridized carbons (Fsp3) is 0.182. The van der Waals surface area contributed by atoms with E-state index in [1.54, 1.807) is 18.2 Å². The van der Waals surface area contributed by atoms with Crippen LogP contribution in [0.25, 0.3) is 0 Å². The van der Waals surface area contributed by atoms with Gasteiger partial charge in [0.05, 0.1) is 0 Å². The highest BCUT2D eigenvalue weighted by Crippen LogP contribution is 2.12. The number of aryl methyl sites for hydroxylation is 1. The number of hydrogen-bond acceptors (Lipinski definition) is 2. The number of carbonyl (C=O) groups excluding carboxylic acids is 1. The van der Waals surface area contributed by atoms with E-state index < -0.39 is 0 Å². The van der Waals surface area contributed by atoms with Gasteiger partial charge in [-0.05, 0) is 30.2 Å². The Morgan fingerprint density at radius 1 is 1.54 bits per heavy atom. The number of carbonyl (C=O) groups is 1. The first kappa shape index (κ1) is 9.52. The molecule has 0 atom stereocenters. The largest absolute Gasteiger partial charge is 0.508 e.